The van der Waals surface area contributed by atoms with Crippen molar-refractivity contribution in [2.75, 3.05) is 13.4 Å². The molecule has 0 amide bonds. The van der Waals surface area contributed by atoms with Crippen LogP contribution in [0.1, 0.15) is 6.92 Å². The second-order valence-corrected chi connectivity index (χ2v) is 11.3. The molecule has 4 rings (SSSR count). The van der Waals surface area contributed by atoms with Crippen LogP contribution in [0.2, 0.25) is 0 Å². The van der Waals surface area contributed by atoms with Crippen LogP contribution in [0.3, 0.4) is 0 Å². The van der Waals surface area contributed by atoms with Crippen LogP contribution < -0.4 is 9.47 Å². The van der Waals surface area contributed by atoms with Gasteiger partial charge in [-0.25, -0.2) is 0 Å². The van der Waals surface area contributed by atoms with Gasteiger partial charge in [-0.05, 0) is 113 Å². The van der Waals surface area contributed by atoms with Crippen molar-refractivity contribution in [3.8, 4) is 17.2 Å². The van der Waals surface area contributed by atoms with Crippen molar-refractivity contribution in [1.82, 2.24) is 0 Å². The largest absolute Gasteiger partial charge is 0.466 e. The van der Waals surface area contributed by atoms with E-state index >= 15 is 0 Å². The molecule has 0 N–H and O–H groups in total. The molecule has 4 aromatic rings. The third-order valence-corrected chi connectivity index (χ3v) is 8.65. The smallest absolute Gasteiger partial charge is 0.189 e. The molecule has 0 saturated heterocycles. The molecule has 168 valence electrons. The average Bonchev–Trinajstić information content (AvgIpc) is 2.85. The fourth-order valence-electron chi connectivity index (χ4n) is 3.18. The molecule has 0 atom stereocenters. The number of halogens is 2. The molecule has 0 saturated carbocycles. The molecule has 0 aliphatic rings. The van der Waals surface area contributed by atoms with Crippen molar-refractivity contribution in [3.63, 3.8) is 0 Å². The molecule has 0 radical (unpaired) electrons. The Kier molecular flexibility index (Phi) is 8.94. The van der Waals surface area contributed by atoms with E-state index in [0.717, 1.165) is 24.4 Å². The average molecular weight is 681 g/mol. The van der Waals surface area contributed by atoms with E-state index in [1.54, 1.807) is 0 Å². The Morgan fingerprint density at radius 1 is 0.667 bits per heavy atom. The maximum atomic E-state index is 6.22. The predicted molar refractivity (Wildman–Crippen MR) is 151 cm³/mol. The summed E-state index contributed by atoms with van der Waals surface area (Å²) in [6, 6.07) is 33.7. The first kappa shape index (κ1) is 24.4. The van der Waals surface area contributed by atoms with Crippen molar-refractivity contribution in [2.24, 2.45) is 0 Å². The SMILES string of the molecule is CCOCOc1cc(I)c(Oc2ccc([S+](c3ccccc3)c3ccccc3)cc2)cc1I. The zero-order chi connectivity index (χ0) is 23.0. The molecule has 3 nitrogen and oxygen atoms in total. The van der Waals surface area contributed by atoms with Gasteiger partial charge in [0.2, 0.25) is 0 Å². The molecule has 0 aliphatic carbocycles. The fourth-order valence-corrected chi connectivity index (χ4v) is 6.41. The third-order valence-electron chi connectivity index (χ3n) is 4.73. The Hall–Kier alpha value is -1.75. The van der Waals surface area contributed by atoms with Crippen molar-refractivity contribution in [2.45, 2.75) is 21.6 Å². The highest BCUT2D eigenvalue weighted by molar-refractivity contribution is 14.1. The lowest BCUT2D eigenvalue weighted by Gasteiger charge is -2.13. The summed E-state index contributed by atoms with van der Waals surface area (Å²) < 4.78 is 19.2. The minimum absolute atomic E-state index is 0.171. The van der Waals surface area contributed by atoms with Gasteiger partial charge in [0, 0.05) is 6.61 Å². The minimum atomic E-state index is -0.171. The second kappa shape index (κ2) is 12.1. The quantitative estimate of drug-likeness (QED) is 0.0773. The Morgan fingerprint density at radius 3 is 1.76 bits per heavy atom. The molecule has 0 spiro atoms. The van der Waals surface area contributed by atoms with Gasteiger partial charge in [0.15, 0.2) is 21.5 Å². The number of ether oxygens (including phenoxy) is 3. The summed E-state index contributed by atoms with van der Waals surface area (Å²) in [6.07, 6.45) is 0. The van der Waals surface area contributed by atoms with Gasteiger partial charge < -0.3 is 14.2 Å². The molecule has 0 bridgehead atoms. The lowest BCUT2D eigenvalue weighted by Crippen LogP contribution is -2.04. The van der Waals surface area contributed by atoms with Gasteiger partial charge in [-0.1, -0.05) is 36.4 Å². The number of rotatable bonds is 9. The first-order valence-electron chi connectivity index (χ1n) is 10.5. The van der Waals surface area contributed by atoms with Crippen LogP contribution in [0.15, 0.2) is 112 Å². The zero-order valence-corrected chi connectivity index (χ0v) is 23.2. The van der Waals surface area contributed by atoms with Gasteiger partial charge in [-0.3, -0.25) is 0 Å². The van der Waals surface area contributed by atoms with Gasteiger partial charge in [0.25, 0.3) is 0 Å². The molecule has 0 aliphatic heterocycles. The Morgan fingerprint density at radius 2 is 1.18 bits per heavy atom. The monoisotopic (exact) mass is 681 g/mol. The summed E-state index contributed by atoms with van der Waals surface area (Å²) in [7, 11) is -0.171. The summed E-state index contributed by atoms with van der Waals surface area (Å²) in [5, 5.41) is 0. The third kappa shape index (κ3) is 6.44. The van der Waals surface area contributed by atoms with Crippen LogP contribution in [-0.4, -0.2) is 13.4 Å². The lowest BCUT2D eigenvalue weighted by atomic mass is 10.3. The molecule has 0 aromatic heterocycles. The van der Waals surface area contributed by atoms with Crippen LogP contribution in [0.25, 0.3) is 0 Å². The predicted octanol–water partition coefficient (Wildman–Crippen LogP) is 8.16. The van der Waals surface area contributed by atoms with E-state index in [9.17, 15) is 0 Å². The highest BCUT2D eigenvalue weighted by Gasteiger charge is 2.28. The minimum Gasteiger partial charge on any atom is -0.466 e. The summed E-state index contributed by atoms with van der Waals surface area (Å²) in [6.45, 7) is 2.82. The summed E-state index contributed by atoms with van der Waals surface area (Å²) in [5.41, 5.74) is 0. The van der Waals surface area contributed by atoms with Crippen LogP contribution in [0.4, 0.5) is 0 Å². The topological polar surface area (TPSA) is 27.7 Å². The normalized spacial score (nSPS) is 10.9. The van der Waals surface area contributed by atoms with Crippen LogP contribution >= 0.6 is 45.2 Å². The summed E-state index contributed by atoms with van der Waals surface area (Å²) in [5.74, 6) is 2.41. The van der Waals surface area contributed by atoms with Crippen molar-refractivity contribution in [1.29, 1.82) is 0 Å². The van der Waals surface area contributed by atoms with Gasteiger partial charge in [-0.15, -0.1) is 0 Å². The highest BCUT2D eigenvalue weighted by atomic mass is 127. The summed E-state index contributed by atoms with van der Waals surface area (Å²) in [4.78, 5) is 3.84. The molecule has 33 heavy (non-hydrogen) atoms. The van der Waals surface area contributed by atoms with E-state index in [-0.39, 0.29) is 17.7 Å². The Bertz CT molecular complexity index is 1130. The van der Waals surface area contributed by atoms with E-state index in [0.29, 0.717) is 6.61 Å². The molecule has 6 heteroatoms. The van der Waals surface area contributed by atoms with Crippen molar-refractivity contribution < 1.29 is 14.2 Å². The first-order chi connectivity index (χ1) is 16.2. The maximum absolute atomic E-state index is 6.22. The van der Waals surface area contributed by atoms with E-state index in [2.05, 4.69) is 118 Å². The van der Waals surface area contributed by atoms with Crippen LogP contribution in [-0.2, 0) is 15.6 Å². The van der Waals surface area contributed by atoms with Gasteiger partial charge in [0.1, 0.15) is 17.2 Å². The Balaban J connectivity index is 1.56. The first-order valence-corrected chi connectivity index (χ1v) is 13.9. The number of benzene rings is 4. The van der Waals surface area contributed by atoms with Gasteiger partial charge in [-0.2, -0.15) is 0 Å². The molecule has 0 fully saturated rings. The van der Waals surface area contributed by atoms with Crippen molar-refractivity contribution in [3.05, 3.63) is 104 Å². The maximum Gasteiger partial charge on any atom is 0.189 e. The van der Waals surface area contributed by atoms with E-state index in [1.165, 1.54) is 14.7 Å². The van der Waals surface area contributed by atoms with Crippen LogP contribution in [0, 0.1) is 7.14 Å². The summed E-state index contributed by atoms with van der Waals surface area (Å²) >= 11 is 4.54. The molecule has 4 aromatic carbocycles. The Labute approximate surface area is 225 Å². The van der Waals surface area contributed by atoms with E-state index in [4.69, 9.17) is 14.2 Å². The lowest BCUT2D eigenvalue weighted by molar-refractivity contribution is 0.0218. The number of hydrogen-bond acceptors (Lipinski definition) is 3. The fraction of sp³-hybridized carbons (Fsp3) is 0.111. The van der Waals surface area contributed by atoms with Gasteiger partial charge in [0.05, 0.1) is 18.0 Å². The highest BCUT2D eigenvalue weighted by Crippen LogP contribution is 2.36. The molecular weight excluding hydrogens is 658 g/mol. The number of hydrogen-bond donors (Lipinski definition) is 0. The standard InChI is InChI=1S/C27H23I2O3S/c1-2-30-19-31-26-17-25(29)27(18-24(26)28)32-20-13-15-23(16-14-20)33(21-9-5-3-6-10-21)22-11-7-4-8-12-22/h3-18H,2,19H2,1H3/q+1. The van der Waals surface area contributed by atoms with Crippen LogP contribution in [0.5, 0.6) is 17.2 Å². The van der Waals surface area contributed by atoms with Crippen molar-refractivity contribution >= 4 is 56.1 Å². The zero-order valence-electron chi connectivity index (χ0n) is 18.0. The molecular formula is C27H23I2O3S+. The van der Waals surface area contributed by atoms with E-state index in [1.807, 2.05) is 31.2 Å². The second-order valence-electron chi connectivity index (χ2n) is 6.97. The molecule has 0 unspecified atom stereocenters. The van der Waals surface area contributed by atoms with E-state index < -0.39 is 0 Å². The molecule has 0 heterocycles. The van der Waals surface area contributed by atoms with Gasteiger partial charge >= 0.3 is 0 Å².